The Bertz CT molecular complexity index is 955. The van der Waals surface area contributed by atoms with Crippen LogP contribution >= 0.6 is 23.4 Å². The highest BCUT2D eigenvalue weighted by atomic mass is 35.5. The zero-order valence-corrected chi connectivity index (χ0v) is 17.6. The third-order valence-corrected chi connectivity index (χ3v) is 5.68. The van der Waals surface area contributed by atoms with Crippen LogP contribution in [0.4, 0.5) is 0 Å². The lowest BCUT2D eigenvalue weighted by molar-refractivity contribution is 0.102. The minimum Gasteiger partial charge on any atom is -0.484 e. The van der Waals surface area contributed by atoms with Crippen molar-refractivity contribution >= 4 is 29.1 Å². The van der Waals surface area contributed by atoms with E-state index in [2.05, 4.69) is 24.0 Å². The van der Waals surface area contributed by atoms with Crippen LogP contribution in [0.1, 0.15) is 41.5 Å². The molecule has 0 N–H and O–H groups in total. The molecule has 5 nitrogen and oxygen atoms in total. The molecule has 0 saturated heterocycles. The van der Waals surface area contributed by atoms with Crippen molar-refractivity contribution in [2.45, 2.75) is 31.5 Å². The lowest BCUT2D eigenvalue weighted by Gasteiger charge is -2.08. The molecule has 0 aliphatic heterocycles. The van der Waals surface area contributed by atoms with Crippen molar-refractivity contribution in [3.05, 3.63) is 70.5 Å². The Labute approximate surface area is 174 Å². The number of benzene rings is 2. The first kappa shape index (κ1) is 20.4. The number of hydrogen-bond donors (Lipinski definition) is 0. The van der Waals surface area contributed by atoms with Gasteiger partial charge in [-0.15, -0.1) is 10.2 Å². The van der Waals surface area contributed by atoms with Crippen molar-refractivity contribution in [1.82, 2.24) is 14.8 Å². The van der Waals surface area contributed by atoms with Crippen molar-refractivity contribution < 1.29 is 9.53 Å². The number of halogens is 1. The standard InChI is InChI=1S/C21H22ClN3O2S/c1-14(2)15-8-10-16(11-9-15)18(26)13-28-21-24-23-20(25(21)3)12-27-19-7-5-4-6-17(19)22/h4-11,14H,12-13H2,1-3H3. The number of ether oxygens (including phenoxy) is 1. The molecular weight excluding hydrogens is 394 g/mol. The molecule has 0 aliphatic carbocycles. The number of hydrogen-bond acceptors (Lipinski definition) is 5. The summed E-state index contributed by atoms with van der Waals surface area (Å²) in [4.78, 5) is 12.4. The Hall–Kier alpha value is -2.31. The first-order chi connectivity index (χ1) is 13.5. The van der Waals surface area contributed by atoms with Crippen LogP contribution in [0.3, 0.4) is 0 Å². The number of rotatable bonds is 8. The highest BCUT2D eigenvalue weighted by Gasteiger charge is 2.14. The molecule has 28 heavy (non-hydrogen) atoms. The second kappa shape index (κ2) is 9.26. The fraction of sp³-hybridized carbons (Fsp3) is 0.286. The van der Waals surface area contributed by atoms with Gasteiger partial charge < -0.3 is 9.30 Å². The van der Waals surface area contributed by atoms with E-state index in [0.717, 1.165) is 0 Å². The second-order valence-electron chi connectivity index (χ2n) is 6.67. The summed E-state index contributed by atoms with van der Waals surface area (Å²) in [5.41, 5.74) is 1.93. The van der Waals surface area contributed by atoms with Crippen molar-refractivity contribution in [1.29, 1.82) is 0 Å². The largest absolute Gasteiger partial charge is 0.484 e. The number of nitrogens with zero attached hydrogens (tertiary/aromatic N) is 3. The van der Waals surface area contributed by atoms with E-state index in [9.17, 15) is 4.79 Å². The maximum atomic E-state index is 12.4. The Morgan fingerprint density at radius 3 is 2.54 bits per heavy atom. The molecule has 1 heterocycles. The monoisotopic (exact) mass is 415 g/mol. The van der Waals surface area contributed by atoms with Crippen LogP contribution in [0.25, 0.3) is 0 Å². The summed E-state index contributed by atoms with van der Waals surface area (Å²) in [6, 6.07) is 15.1. The number of aromatic nitrogens is 3. The smallest absolute Gasteiger partial charge is 0.191 e. The molecule has 0 fully saturated rings. The molecule has 146 valence electrons. The topological polar surface area (TPSA) is 57.0 Å². The van der Waals surface area contributed by atoms with E-state index in [1.54, 1.807) is 12.1 Å². The van der Waals surface area contributed by atoms with Crippen molar-refractivity contribution in [3.8, 4) is 5.75 Å². The molecule has 0 saturated carbocycles. The van der Waals surface area contributed by atoms with Gasteiger partial charge in [-0.1, -0.05) is 73.6 Å². The maximum Gasteiger partial charge on any atom is 0.191 e. The molecule has 0 bridgehead atoms. The number of thioether (sulfide) groups is 1. The van der Waals surface area contributed by atoms with E-state index in [0.29, 0.717) is 39.0 Å². The van der Waals surface area contributed by atoms with Gasteiger partial charge in [-0.3, -0.25) is 4.79 Å². The predicted molar refractivity (Wildman–Crippen MR) is 112 cm³/mol. The summed E-state index contributed by atoms with van der Waals surface area (Å²) in [5.74, 6) is 2.08. The van der Waals surface area contributed by atoms with Gasteiger partial charge in [0, 0.05) is 12.6 Å². The van der Waals surface area contributed by atoms with Crippen LogP contribution in [0.15, 0.2) is 53.7 Å². The van der Waals surface area contributed by atoms with Crippen LogP contribution < -0.4 is 4.74 Å². The first-order valence-corrected chi connectivity index (χ1v) is 10.3. The van der Waals surface area contributed by atoms with Crippen LogP contribution in [0.5, 0.6) is 5.75 Å². The Morgan fingerprint density at radius 2 is 1.86 bits per heavy atom. The zero-order valence-electron chi connectivity index (χ0n) is 16.1. The number of para-hydroxylation sites is 1. The molecule has 3 aromatic rings. The van der Waals surface area contributed by atoms with E-state index >= 15 is 0 Å². The van der Waals surface area contributed by atoms with Crippen LogP contribution in [0, 0.1) is 0 Å². The molecule has 0 spiro atoms. The third-order valence-electron chi connectivity index (χ3n) is 4.35. The van der Waals surface area contributed by atoms with Gasteiger partial charge in [0.25, 0.3) is 0 Å². The minimum absolute atomic E-state index is 0.0668. The number of carbonyl (C=O) groups excluding carboxylic acids is 1. The summed E-state index contributed by atoms with van der Waals surface area (Å²) in [6.45, 7) is 4.51. The Kier molecular flexibility index (Phi) is 6.75. The number of Topliss-reactive ketones (excluding diaryl/α,β-unsaturated/α-hetero) is 1. The molecule has 0 atom stereocenters. The molecule has 0 aliphatic rings. The van der Waals surface area contributed by atoms with E-state index < -0.39 is 0 Å². The highest BCUT2D eigenvalue weighted by molar-refractivity contribution is 7.99. The Balaban J connectivity index is 1.58. The molecule has 2 aromatic carbocycles. The lowest BCUT2D eigenvalue weighted by atomic mass is 10.0. The van der Waals surface area contributed by atoms with Crippen molar-refractivity contribution in [2.75, 3.05) is 5.75 Å². The molecule has 1 aromatic heterocycles. The number of ketones is 1. The first-order valence-electron chi connectivity index (χ1n) is 8.97. The highest BCUT2D eigenvalue weighted by Crippen LogP contribution is 2.24. The fourth-order valence-electron chi connectivity index (χ4n) is 2.57. The molecule has 0 amide bonds. The summed E-state index contributed by atoms with van der Waals surface area (Å²) in [5, 5.41) is 9.54. The molecule has 7 heteroatoms. The van der Waals surface area contributed by atoms with Crippen molar-refractivity contribution in [2.24, 2.45) is 7.05 Å². The van der Waals surface area contributed by atoms with Gasteiger partial charge in [-0.05, 0) is 23.6 Å². The fourth-order valence-corrected chi connectivity index (χ4v) is 3.58. The Morgan fingerprint density at radius 1 is 1.14 bits per heavy atom. The average molecular weight is 416 g/mol. The van der Waals surface area contributed by atoms with E-state index in [-0.39, 0.29) is 12.4 Å². The minimum atomic E-state index is 0.0668. The second-order valence-corrected chi connectivity index (χ2v) is 8.02. The van der Waals surface area contributed by atoms with Gasteiger partial charge >= 0.3 is 0 Å². The summed E-state index contributed by atoms with van der Waals surface area (Å²) < 4.78 is 7.54. The number of carbonyl (C=O) groups is 1. The van der Waals surface area contributed by atoms with Crippen LogP contribution in [0.2, 0.25) is 5.02 Å². The van der Waals surface area contributed by atoms with E-state index in [1.807, 2.05) is 48.0 Å². The molecule has 0 unspecified atom stereocenters. The summed E-state index contributed by atoms with van der Waals surface area (Å²) >= 11 is 7.46. The summed E-state index contributed by atoms with van der Waals surface area (Å²) in [7, 11) is 1.86. The van der Waals surface area contributed by atoms with E-state index in [4.69, 9.17) is 16.3 Å². The van der Waals surface area contributed by atoms with Gasteiger partial charge in [0.15, 0.2) is 16.8 Å². The van der Waals surface area contributed by atoms with Crippen molar-refractivity contribution in [3.63, 3.8) is 0 Å². The quantitative estimate of drug-likeness (QED) is 0.376. The molecule has 0 radical (unpaired) electrons. The van der Waals surface area contributed by atoms with Gasteiger partial charge in [0.2, 0.25) is 0 Å². The molecule has 3 rings (SSSR count). The normalized spacial score (nSPS) is 11.0. The van der Waals surface area contributed by atoms with Gasteiger partial charge in [-0.25, -0.2) is 0 Å². The van der Waals surface area contributed by atoms with Crippen LogP contribution in [-0.4, -0.2) is 26.3 Å². The van der Waals surface area contributed by atoms with Gasteiger partial charge in [-0.2, -0.15) is 0 Å². The lowest BCUT2D eigenvalue weighted by Crippen LogP contribution is -2.06. The van der Waals surface area contributed by atoms with Gasteiger partial charge in [0.05, 0.1) is 10.8 Å². The summed E-state index contributed by atoms with van der Waals surface area (Å²) in [6.07, 6.45) is 0. The zero-order chi connectivity index (χ0) is 20.1. The van der Waals surface area contributed by atoms with Gasteiger partial charge in [0.1, 0.15) is 12.4 Å². The van der Waals surface area contributed by atoms with Crippen LogP contribution in [-0.2, 0) is 13.7 Å². The molecular formula is C21H22ClN3O2S. The average Bonchev–Trinajstić information content (AvgIpc) is 3.05. The SMILES string of the molecule is CC(C)c1ccc(C(=O)CSc2nnc(COc3ccccc3Cl)n2C)cc1. The maximum absolute atomic E-state index is 12.4. The van der Waals surface area contributed by atoms with E-state index in [1.165, 1.54) is 17.3 Å². The predicted octanol–water partition coefficient (Wildman–Crippen LogP) is 5.15. The third kappa shape index (κ3) is 4.94.